The van der Waals surface area contributed by atoms with Crippen LogP contribution < -0.4 is 10.1 Å². The Morgan fingerprint density at radius 1 is 1.12 bits per heavy atom. The summed E-state index contributed by atoms with van der Waals surface area (Å²) in [6.45, 7) is 2.57. The van der Waals surface area contributed by atoms with E-state index in [2.05, 4.69) is 28.5 Å². The molecule has 0 spiro atoms. The van der Waals surface area contributed by atoms with Crippen LogP contribution in [0.2, 0.25) is 5.02 Å². The molecule has 1 aromatic heterocycles. The van der Waals surface area contributed by atoms with Crippen molar-refractivity contribution in [2.75, 3.05) is 19.0 Å². The first-order valence-electron chi connectivity index (χ1n) is 10.6. The summed E-state index contributed by atoms with van der Waals surface area (Å²) >= 11 is 6.38. The molecule has 1 atom stereocenters. The van der Waals surface area contributed by atoms with Crippen molar-refractivity contribution in [3.63, 3.8) is 0 Å². The van der Waals surface area contributed by atoms with Crippen LogP contribution in [0.5, 0.6) is 5.75 Å². The lowest BCUT2D eigenvalue weighted by molar-refractivity contribution is 0.193. The van der Waals surface area contributed by atoms with E-state index in [9.17, 15) is 4.79 Å². The first kappa shape index (κ1) is 20.5. The second-order valence-corrected chi connectivity index (χ2v) is 8.50. The zero-order valence-corrected chi connectivity index (χ0v) is 18.7. The molecule has 0 unspecified atom stereocenters. The molecule has 0 saturated heterocycles. The highest BCUT2D eigenvalue weighted by atomic mass is 35.5. The summed E-state index contributed by atoms with van der Waals surface area (Å²) in [7, 11) is 1.65. The molecule has 1 aliphatic rings. The molecule has 2 amide bonds. The van der Waals surface area contributed by atoms with E-state index < -0.39 is 0 Å². The van der Waals surface area contributed by atoms with Crippen molar-refractivity contribution in [2.24, 2.45) is 0 Å². The van der Waals surface area contributed by atoms with Gasteiger partial charge in [-0.3, -0.25) is 0 Å². The molecular weight excluding hydrogens is 422 g/mol. The van der Waals surface area contributed by atoms with E-state index >= 15 is 0 Å². The minimum absolute atomic E-state index is 0.180. The average molecular weight is 446 g/mol. The number of benzene rings is 3. The molecule has 0 aliphatic carbocycles. The van der Waals surface area contributed by atoms with Crippen LogP contribution in [0.15, 0.2) is 66.7 Å². The SMILES string of the molecule is COc1ccc([C@H]2c3[nH]c4ccccc4c3CCN2C(=O)Nc2ccc(C)cc2Cl)cc1. The first-order valence-corrected chi connectivity index (χ1v) is 11.0. The van der Waals surface area contributed by atoms with E-state index in [1.165, 1.54) is 10.9 Å². The van der Waals surface area contributed by atoms with E-state index in [0.717, 1.165) is 34.5 Å². The number of urea groups is 1. The number of ether oxygens (including phenoxy) is 1. The third-order valence-corrected chi connectivity index (χ3v) is 6.41. The smallest absolute Gasteiger partial charge is 0.322 e. The van der Waals surface area contributed by atoms with Gasteiger partial charge in [-0.1, -0.05) is 48.0 Å². The zero-order valence-electron chi connectivity index (χ0n) is 18.0. The molecule has 3 aromatic carbocycles. The van der Waals surface area contributed by atoms with E-state index in [0.29, 0.717) is 17.3 Å². The van der Waals surface area contributed by atoms with Crippen LogP contribution in [0.1, 0.15) is 28.4 Å². The molecule has 5 rings (SSSR count). The number of anilines is 1. The third-order valence-electron chi connectivity index (χ3n) is 6.09. The van der Waals surface area contributed by atoms with Gasteiger partial charge in [0.1, 0.15) is 5.75 Å². The molecule has 4 aromatic rings. The van der Waals surface area contributed by atoms with Crippen molar-refractivity contribution < 1.29 is 9.53 Å². The number of carbonyl (C=O) groups excluding carboxylic acids is 1. The highest BCUT2D eigenvalue weighted by Crippen LogP contribution is 2.39. The lowest BCUT2D eigenvalue weighted by Gasteiger charge is -2.36. The number of aromatic amines is 1. The Hall–Kier alpha value is -3.44. The summed E-state index contributed by atoms with van der Waals surface area (Å²) in [5.41, 5.74) is 6.07. The van der Waals surface area contributed by atoms with Gasteiger partial charge in [-0.2, -0.15) is 0 Å². The van der Waals surface area contributed by atoms with Crippen molar-refractivity contribution in [1.82, 2.24) is 9.88 Å². The molecule has 0 fully saturated rings. The van der Waals surface area contributed by atoms with Crippen LogP contribution in [-0.2, 0) is 6.42 Å². The maximum absolute atomic E-state index is 13.5. The molecule has 1 aliphatic heterocycles. The number of aryl methyl sites for hydroxylation is 1. The largest absolute Gasteiger partial charge is 0.497 e. The minimum Gasteiger partial charge on any atom is -0.497 e. The van der Waals surface area contributed by atoms with E-state index in [1.54, 1.807) is 7.11 Å². The number of methoxy groups -OCH3 is 1. The highest BCUT2D eigenvalue weighted by Gasteiger charge is 2.34. The van der Waals surface area contributed by atoms with Crippen LogP contribution >= 0.6 is 11.6 Å². The number of aromatic nitrogens is 1. The number of amides is 2. The van der Waals surface area contributed by atoms with Gasteiger partial charge < -0.3 is 19.9 Å². The van der Waals surface area contributed by atoms with Gasteiger partial charge in [-0.25, -0.2) is 4.79 Å². The number of fused-ring (bicyclic) bond motifs is 3. The minimum atomic E-state index is -0.249. The van der Waals surface area contributed by atoms with Gasteiger partial charge in [0.2, 0.25) is 0 Å². The molecule has 0 radical (unpaired) electrons. The van der Waals surface area contributed by atoms with Gasteiger partial charge in [0.25, 0.3) is 0 Å². The molecule has 2 N–H and O–H groups in total. The van der Waals surface area contributed by atoms with Gasteiger partial charge in [0.15, 0.2) is 0 Å². The number of hydrogen-bond donors (Lipinski definition) is 2. The number of carbonyl (C=O) groups is 1. The van der Waals surface area contributed by atoms with Crippen molar-refractivity contribution in [3.05, 3.63) is 94.1 Å². The average Bonchev–Trinajstić information content (AvgIpc) is 3.19. The van der Waals surface area contributed by atoms with Crippen LogP contribution in [-0.4, -0.2) is 29.6 Å². The molecule has 5 nitrogen and oxygen atoms in total. The summed E-state index contributed by atoms with van der Waals surface area (Å²) in [5, 5.41) is 4.75. The van der Waals surface area contributed by atoms with Gasteiger partial charge in [-0.15, -0.1) is 0 Å². The Morgan fingerprint density at radius 2 is 1.91 bits per heavy atom. The fourth-order valence-electron chi connectivity index (χ4n) is 4.50. The Kier molecular flexibility index (Phi) is 5.27. The number of hydrogen-bond acceptors (Lipinski definition) is 2. The topological polar surface area (TPSA) is 57.4 Å². The third kappa shape index (κ3) is 3.59. The normalized spacial score (nSPS) is 15.5. The quantitative estimate of drug-likeness (QED) is 0.387. The second kappa shape index (κ2) is 8.24. The van der Waals surface area contributed by atoms with E-state index in [4.69, 9.17) is 16.3 Å². The summed E-state index contributed by atoms with van der Waals surface area (Å²) < 4.78 is 5.33. The lowest BCUT2D eigenvalue weighted by Crippen LogP contribution is -2.43. The number of nitrogens with one attached hydrogen (secondary N) is 2. The van der Waals surface area contributed by atoms with Crippen molar-refractivity contribution in [3.8, 4) is 5.75 Å². The Bertz CT molecular complexity index is 1300. The molecular formula is C26H24ClN3O2. The van der Waals surface area contributed by atoms with Crippen molar-refractivity contribution in [2.45, 2.75) is 19.4 Å². The Labute approximate surface area is 192 Å². The van der Waals surface area contributed by atoms with Gasteiger partial charge in [-0.05, 0) is 60.4 Å². The highest BCUT2D eigenvalue weighted by molar-refractivity contribution is 6.33. The molecule has 0 saturated carbocycles. The maximum Gasteiger partial charge on any atom is 0.322 e. The van der Waals surface area contributed by atoms with Crippen molar-refractivity contribution >= 4 is 34.2 Å². The fourth-order valence-corrected chi connectivity index (χ4v) is 4.78. The maximum atomic E-state index is 13.5. The van der Waals surface area contributed by atoms with E-state index in [1.807, 2.05) is 60.4 Å². The van der Waals surface area contributed by atoms with E-state index in [-0.39, 0.29) is 12.1 Å². The number of halogens is 1. The fraction of sp³-hybridized carbons (Fsp3) is 0.192. The van der Waals surface area contributed by atoms with Gasteiger partial charge >= 0.3 is 6.03 Å². The van der Waals surface area contributed by atoms with Crippen LogP contribution in [0.4, 0.5) is 10.5 Å². The Morgan fingerprint density at radius 3 is 2.66 bits per heavy atom. The zero-order chi connectivity index (χ0) is 22.2. The summed E-state index contributed by atoms with van der Waals surface area (Å²) in [4.78, 5) is 18.9. The number of nitrogens with zero attached hydrogens (tertiary/aromatic N) is 1. The summed E-state index contributed by atoms with van der Waals surface area (Å²) in [5.74, 6) is 0.781. The van der Waals surface area contributed by atoms with Crippen LogP contribution in [0.25, 0.3) is 10.9 Å². The monoisotopic (exact) mass is 445 g/mol. The Balaban J connectivity index is 1.56. The second-order valence-electron chi connectivity index (χ2n) is 8.10. The van der Waals surface area contributed by atoms with Crippen LogP contribution in [0, 0.1) is 6.92 Å². The number of para-hydroxylation sites is 1. The van der Waals surface area contributed by atoms with Gasteiger partial charge in [0, 0.05) is 23.1 Å². The predicted molar refractivity (Wildman–Crippen MR) is 129 cm³/mol. The lowest BCUT2D eigenvalue weighted by atomic mass is 9.92. The molecule has 0 bridgehead atoms. The molecule has 2 heterocycles. The number of rotatable bonds is 3. The molecule has 6 heteroatoms. The number of H-pyrrole nitrogens is 1. The first-order chi connectivity index (χ1) is 15.5. The standard InChI is InChI=1S/C26H24ClN3O2/c1-16-7-12-23(21(27)15-16)29-26(31)30-14-13-20-19-5-3-4-6-22(19)28-24(20)25(30)17-8-10-18(32-2)11-9-17/h3-12,15,25,28H,13-14H2,1-2H3,(H,29,31)/t25-/m0/s1. The van der Waals surface area contributed by atoms with Crippen molar-refractivity contribution in [1.29, 1.82) is 0 Å². The predicted octanol–water partition coefficient (Wildman–Crippen LogP) is 6.32. The summed E-state index contributed by atoms with van der Waals surface area (Å²) in [6.07, 6.45) is 0.779. The van der Waals surface area contributed by atoms with Gasteiger partial charge in [0.05, 0.1) is 23.9 Å². The summed E-state index contributed by atoms with van der Waals surface area (Å²) in [6, 6.07) is 21.4. The molecule has 162 valence electrons. The molecule has 32 heavy (non-hydrogen) atoms. The van der Waals surface area contributed by atoms with Crippen LogP contribution in [0.3, 0.4) is 0 Å².